The molecule has 24 heavy (non-hydrogen) atoms. The minimum Gasteiger partial charge on any atom is -0.315 e. The van der Waals surface area contributed by atoms with Crippen molar-refractivity contribution in [3.05, 3.63) is 59.7 Å². The van der Waals surface area contributed by atoms with E-state index >= 15 is 0 Å². The van der Waals surface area contributed by atoms with E-state index in [1.807, 2.05) is 62.4 Å². The van der Waals surface area contributed by atoms with E-state index in [2.05, 4.69) is 0 Å². The van der Waals surface area contributed by atoms with Gasteiger partial charge in [-0.3, -0.25) is 9.59 Å². The van der Waals surface area contributed by atoms with Gasteiger partial charge in [-0.2, -0.15) is 0 Å². The van der Waals surface area contributed by atoms with Crippen molar-refractivity contribution in [2.75, 3.05) is 23.4 Å². The highest BCUT2D eigenvalue weighted by molar-refractivity contribution is 6.04. The summed E-state index contributed by atoms with van der Waals surface area (Å²) in [7, 11) is 1.77. The Labute approximate surface area is 142 Å². The highest BCUT2D eigenvalue weighted by atomic mass is 16.2. The maximum atomic E-state index is 12.8. The lowest BCUT2D eigenvalue weighted by Crippen LogP contribution is -2.34. The topological polar surface area (TPSA) is 40.6 Å². The van der Waals surface area contributed by atoms with Gasteiger partial charge in [-0.25, -0.2) is 0 Å². The number of para-hydroxylation sites is 1. The fraction of sp³-hybridized carbons (Fsp3) is 0.300. The molecule has 1 fully saturated rings. The van der Waals surface area contributed by atoms with E-state index in [-0.39, 0.29) is 24.2 Å². The molecule has 4 nitrogen and oxygen atoms in total. The number of carbonyl (C=O) groups excluding carboxylic acids is 2. The molecule has 2 aromatic rings. The summed E-state index contributed by atoms with van der Waals surface area (Å²) in [6.07, 6.45) is 0.267. The molecule has 0 saturated carbocycles. The molecular weight excluding hydrogens is 300 g/mol. The van der Waals surface area contributed by atoms with Gasteiger partial charge in [0.05, 0.1) is 5.92 Å². The fourth-order valence-corrected chi connectivity index (χ4v) is 3.17. The number of carbonyl (C=O) groups is 2. The number of nitrogens with zero attached hydrogens (tertiary/aromatic N) is 2. The van der Waals surface area contributed by atoms with Crippen LogP contribution in [-0.2, 0) is 9.59 Å². The molecule has 0 N–H and O–H groups in total. The molecule has 1 saturated heterocycles. The van der Waals surface area contributed by atoms with Crippen LogP contribution in [0.15, 0.2) is 48.5 Å². The zero-order valence-corrected chi connectivity index (χ0v) is 14.3. The van der Waals surface area contributed by atoms with Gasteiger partial charge in [0.1, 0.15) is 0 Å². The molecule has 1 heterocycles. The van der Waals surface area contributed by atoms with E-state index in [0.717, 1.165) is 22.5 Å². The van der Waals surface area contributed by atoms with Crippen LogP contribution in [0, 0.1) is 19.8 Å². The van der Waals surface area contributed by atoms with Crippen LogP contribution in [0.5, 0.6) is 0 Å². The Morgan fingerprint density at radius 3 is 2.54 bits per heavy atom. The SMILES string of the molecule is Cc1ccc(C)c(N2CC(C(=O)N(C)c3ccccc3)CC2=O)c1. The van der Waals surface area contributed by atoms with Gasteiger partial charge in [0, 0.05) is 31.4 Å². The van der Waals surface area contributed by atoms with Crippen molar-refractivity contribution in [2.24, 2.45) is 5.92 Å². The van der Waals surface area contributed by atoms with Gasteiger partial charge in [-0.15, -0.1) is 0 Å². The molecule has 0 aliphatic carbocycles. The van der Waals surface area contributed by atoms with Crippen molar-refractivity contribution in [1.82, 2.24) is 0 Å². The first-order valence-corrected chi connectivity index (χ1v) is 8.17. The average Bonchev–Trinajstić information content (AvgIpc) is 2.98. The summed E-state index contributed by atoms with van der Waals surface area (Å²) in [6.45, 7) is 4.45. The van der Waals surface area contributed by atoms with Crippen LogP contribution in [-0.4, -0.2) is 25.4 Å². The van der Waals surface area contributed by atoms with E-state index in [0.29, 0.717) is 6.54 Å². The standard InChI is InChI=1S/C20H22N2O2/c1-14-9-10-15(2)18(11-14)22-13-16(12-19(22)23)20(24)21(3)17-7-5-4-6-8-17/h4-11,16H,12-13H2,1-3H3. The molecule has 3 rings (SSSR count). The Morgan fingerprint density at radius 2 is 1.83 bits per heavy atom. The first kappa shape index (κ1) is 16.2. The van der Waals surface area contributed by atoms with Gasteiger partial charge in [0.15, 0.2) is 0 Å². The van der Waals surface area contributed by atoms with E-state index in [9.17, 15) is 9.59 Å². The Bertz CT molecular complexity index is 770. The predicted octanol–water partition coefficient (Wildman–Crippen LogP) is 3.32. The zero-order chi connectivity index (χ0) is 17.3. The summed E-state index contributed by atoms with van der Waals surface area (Å²) in [5.41, 5.74) is 3.93. The highest BCUT2D eigenvalue weighted by Gasteiger charge is 2.37. The number of aryl methyl sites for hydroxylation is 2. The van der Waals surface area contributed by atoms with Crippen molar-refractivity contribution in [3.63, 3.8) is 0 Å². The summed E-state index contributed by atoms with van der Waals surface area (Å²) in [4.78, 5) is 28.6. The third kappa shape index (κ3) is 3.04. The molecule has 1 aliphatic rings. The number of rotatable bonds is 3. The number of benzene rings is 2. The summed E-state index contributed by atoms with van der Waals surface area (Å²) in [6, 6.07) is 15.6. The monoisotopic (exact) mass is 322 g/mol. The predicted molar refractivity (Wildman–Crippen MR) is 96.2 cm³/mol. The summed E-state index contributed by atoms with van der Waals surface area (Å²) in [5, 5.41) is 0. The van der Waals surface area contributed by atoms with Crippen LogP contribution in [0.3, 0.4) is 0 Å². The molecule has 0 radical (unpaired) electrons. The lowest BCUT2D eigenvalue weighted by molar-refractivity contribution is -0.124. The first-order valence-electron chi connectivity index (χ1n) is 8.17. The number of amides is 2. The molecule has 1 aliphatic heterocycles. The summed E-state index contributed by atoms with van der Waals surface area (Å²) < 4.78 is 0. The molecule has 0 aromatic heterocycles. The summed E-state index contributed by atoms with van der Waals surface area (Å²) >= 11 is 0. The van der Waals surface area contributed by atoms with E-state index in [1.165, 1.54) is 0 Å². The Hall–Kier alpha value is -2.62. The van der Waals surface area contributed by atoms with Gasteiger partial charge in [0.25, 0.3) is 0 Å². The molecule has 2 aromatic carbocycles. The lowest BCUT2D eigenvalue weighted by Gasteiger charge is -2.22. The number of hydrogen-bond donors (Lipinski definition) is 0. The maximum absolute atomic E-state index is 12.8. The second-order valence-corrected chi connectivity index (χ2v) is 6.43. The third-order valence-corrected chi connectivity index (χ3v) is 4.60. The van der Waals surface area contributed by atoms with Crippen LogP contribution in [0.4, 0.5) is 11.4 Å². The smallest absolute Gasteiger partial charge is 0.232 e. The van der Waals surface area contributed by atoms with E-state index in [4.69, 9.17) is 0 Å². The van der Waals surface area contributed by atoms with Gasteiger partial charge >= 0.3 is 0 Å². The van der Waals surface area contributed by atoms with Crippen molar-refractivity contribution < 1.29 is 9.59 Å². The van der Waals surface area contributed by atoms with Crippen LogP contribution in [0.2, 0.25) is 0 Å². The van der Waals surface area contributed by atoms with Crippen molar-refractivity contribution >= 4 is 23.2 Å². The Balaban J connectivity index is 1.79. The van der Waals surface area contributed by atoms with Crippen molar-refractivity contribution in [2.45, 2.75) is 20.3 Å². The van der Waals surface area contributed by atoms with Gasteiger partial charge in [-0.1, -0.05) is 30.3 Å². The van der Waals surface area contributed by atoms with E-state index < -0.39 is 0 Å². The maximum Gasteiger partial charge on any atom is 0.232 e. The minimum atomic E-state index is -0.303. The van der Waals surface area contributed by atoms with Crippen molar-refractivity contribution in [1.29, 1.82) is 0 Å². The number of anilines is 2. The quantitative estimate of drug-likeness (QED) is 0.870. The van der Waals surface area contributed by atoms with Crippen LogP contribution in [0.25, 0.3) is 0 Å². The van der Waals surface area contributed by atoms with Crippen LogP contribution >= 0.6 is 0 Å². The van der Waals surface area contributed by atoms with Gasteiger partial charge in [-0.05, 0) is 43.2 Å². The normalized spacial score (nSPS) is 17.2. The lowest BCUT2D eigenvalue weighted by atomic mass is 10.1. The molecule has 124 valence electrons. The van der Waals surface area contributed by atoms with Crippen molar-refractivity contribution in [3.8, 4) is 0 Å². The van der Waals surface area contributed by atoms with Crippen LogP contribution < -0.4 is 9.80 Å². The highest BCUT2D eigenvalue weighted by Crippen LogP contribution is 2.30. The van der Waals surface area contributed by atoms with Gasteiger partial charge in [0.2, 0.25) is 11.8 Å². The van der Waals surface area contributed by atoms with E-state index in [1.54, 1.807) is 16.8 Å². The molecule has 1 atom stereocenters. The molecule has 1 unspecified atom stereocenters. The molecule has 4 heteroatoms. The molecule has 0 bridgehead atoms. The summed E-state index contributed by atoms with van der Waals surface area (Å²) in [5.74, 6) is -0.298. The first-order chi connectivity index (χ1) is 11.5. The minimum absolute atomic E-state index is 0.0117. The second-order valence-electron chi connectivity index (χ2n) is 6.43. The molecular formula is C20H22N2O2. The molecule has 2 amide bonds. The second kappa shape index (κ2) is 6.48. The zero-order valence-electron chi connectivity index (χ0n) is 14.3. The number of hydrogen-bond acceptors (Lipinski definition) is 2. The molecule has 0 spiro atoms. The average molecular weight is 322 g/mol. The van der Waals surface area contributed by atoms with Gasteiger partial charge < -0.3 is 9.80 Å². The Morgan fingerprint density at radius 1 is 1.12 bits per heavy atom. The third-order valence-electron chi connectivity index (χ3n) is 4.60. The largest absolute Gasteiger partial charge is 0.315 e. The Kier molecular flexibility index (Phi) is 4.38. The van der Waals surface area contributed by atoms with Crippen LogP contribution in [0.1, 0.15) is 17.5 Å². The fourth-order valence-electron chi connectivity index (χ4n) is 3.17.